The average Bonchev–Trinajstić information content (AvgIpc) is 3.42. The van der Waals surface area contributed by atoms with Crippen molar-refractivity contribution in [3.05, 3.63) is 50.6 Å². The Hall–Kier alpha value is -2.56. The summed E-state index contributed by atoms with van der Waals surface area (Å²) in [4.78, 5) is 26.6. The van der Waals surface area contributed by atoms with Gasteiger partial charge in [0.1, 0.15) is 17.4 Å². The van der Waals surface area contributed by atoms with E-state index in [-0.39, 0.29) is 24.2 Å². The number of thiophene rings is 1. The maximum atomic E-state index is 12.8. The number of carbonyl (C=O) groups excluding carboxylic acids is 2. The number of nitrogens with zero attached hydrogens (tertiary/aromatic N) is 3. The van der Waals surface area contributed by atoms with Crippen LogP contribution in [0.15, 0.2) is 23.4 Å². The van der Waals surface area contributed by atoms with E-state index in [2.05, 4.69) is 15.5 Å². The topological polar surface area (TPSA) is 95.3 Å². The third-order valence-electron chi connectivity index (χ3n) is 5.84. The summed E-state index contributed by atoms with van der Waals surface area (Å²) >= 11 is 8.80. The summed E-state index contributed by atoms with van der Waals surface area (Å²) in [7, 11) is 0. The molecule has 0 atom stereocenters. The second kappa shape index (κ2) is 12.1. The van der Waals surface area contributed by atoms with Crippen LogP contribution in [0.2, 0.25) is 5.02 Å². The number of ether oxygens (including phenoxy) is 2. The van der Waals surface area contributed by atoms with Crippen LogP contribution in [0.25, 0.3) is 0 Å². The second-order valence-electron chi connectivity index (χ2n) is 8.31. The van der Waals surface area contributed by atoms with Gasteiger partial charge in [-0.25, -0.2) is 4.79 Å². The molecule has 0 radical (unpaired) electrons. The zero-order chi connectivity index (χ0) is 25.7. The number of anilines is 1. The highest BCUT2D eigenvalue weighted by Crippen LogP contribution is 2.38. The van der Waals surface area contributed by atoms with Crippen molar-refractivity contribution in [1.82, 2.24) is 14.8 Å². The van der Waals surface area contributed by atoms with Gasteiger partial charge in [0.15, 0.2) is 11.0 Å². The van der Waals surface area contributed by atoms with Crippen LogP contribution in [-0.4, -0.2) is 39.0 Å². The molecule has 36 heavy (non-hydrogen) atoms. The Labute approximate surface area is 223 Å². The van der Waals surface area contributed by atoms with Crippen LogP contribution in [0, 0.1) is 6.92 Å². The number of aromatic nitrogens is 3. The fourth-order valence-electron chi connectivity index (χ4n) is 4.13. The van der Waals surface area contributed by atoms with Gasteiger partial charge in [0, 0.05) is 16.4 Å². The Bertz CT molecular complexity index is 1260. The summed E-state index contributed by atoms with van der Waals surface area (Å²) < 4.78 is 13.1. The van der Waals surface area contributed by atoms with Crippen LogP contribution < -0.4 is 10.1 Å². The third kappa shape index (κ3) is 6.04. The van der Waals surface area contributed by atoms with Gasteiger partial charge in [0.25, 0.3) is 0 Å². The molecule has 0 spiro atoms. The number of carbonyl (C=O) groups is 2. The number of nitrogens with one attached hydrogen (secondary N) is 1. The summed E-state index contributed by atoms with van der Waals surface area (Å²) in [5.41, 5.74) is 2.48. The number of esters is 1. The zero-order valence-corrected chi connectivity index (χ0v) is 22.9. The summed E-state index contributed by atoms with van der Waals surface area (Å²) in [6.07, 6.45) is 3.90. The van der Waals surface area contributed by atoms with Crippen LogP contribution in [0.1, 0.15) is 58.9 Å². The van der Waals surface area contributed by atoms with Gasteiger partial charge in [-0.1, -0.05) is 23.4 Å². The summed E-state index contributed by atoms with van der Waals surface area (Å²) in [6, 6.07) is 5.46. The molecule has 0 saturated carbocycles. The van der Waals surface area contributed by atoms with E-state index in [9.17, 15) is 9.59 Å². The van der Waals surface area contributed by atoms with E-state index >= 15 is 0 Å². The molecule has 0 unspecified atom stereocenters. The number of fused-ring (bicyclic) bond motifs is 1. The quantitative estimate of drug-likeness (QED) is 0.257. The lowest BCUT2D eigenvalue weighted by Crippen LogP contribution is -2.17. The Kier molecular flexibility index (Phi) is 8.92. The van der Waals surface area contributed by atoms with Gasteiger partial charge in [-0.05, 0) is 75.8 Å². The minimum absolute atomic E-state index is 0.139. The molecule has 192 valence electrons. The third-order valence-corrected chi connectivity index (χ3v) is 8.25. The largest absolute Gasteiger partial charge is 0.485 e. The molecule has 0 aliphatic heterocycles. The molecule has 11 heteroatoms. The number of hydrogen-bond acceptors (Lipinski definition) is 8. The van der Waals surface area contributed by atoms with E-state index in [1.54, 1.807) is 13.0 Å². The SMILES string of the molecule is CCOC(=O)c1c(NC(=O)CSc2nnc(COc3ccc(Cl)cc3C)n2CC)sc2c1CCCC2. The molecule has 1 aliphatic carbocycles. The highest BCUT2D eigenvalue weighted by atomic mass is 35.5. The first kappa shape index (κ1) is 26.5. The minimum atomic E-state index is -0.369. The van der Waals surface area contributed by atoms with Crippen molar-refractivity contribution in [2.24, 2.45) is 0 Å². The molecule has 0 saturated heterocycles. The number of aryl methyl sites for hydroxylation is 2. The van der Waals surface area contributed by atoms with Gasteiger partial charge >= 0.3 is 5.97 Å². The molecule has 3 aromatic rings. The van der Waals surface area contributed by atoms with E-state index < -0.39 is 0 Å². The number of amides is 1. The van der Waals surface area contributed by atoms with Gasteiger partial charge in [0.2, 0.25) is 5.91 Å². The van der Waals surface area contributed by atoms with E-state index in [0.717, 1.165) is 42.6 Å². The number of halogens is 1. The minimum Gasteiger partial charge on any atom is -0.485 e. The number of benzene rings is 1. The lowest BCUT2D eigenvalue weighted by atomic mass is 9.95. The highest BCUT2D eigenvalue weighted by Gasteiger charge is 2.27. The first-order valence-electron chi connectivity index (χ1n) is 12.0. The lowest BCUT2D eigenvalue weighted by Gasteiger charge is -2.12. The first-order chi connectivity index (χ1) is 17.4. The fourth-order valence-corrected chi connectivity index (χ4v) is 6.47. The normalized spacial score (nSPS) is 12.8. The lowest BCUT2D eigenvalue weighted by molar-refractivity contribution is -0.113. The van der Waals surface area contributed by atoms with Crippen molar-refractivity contribution in [3.63, 3.8) is 0 Å². The van der Waals surface area contributed by atoms with E-state index in [4.69, 9.17) is 21.1 Å². The van der Waals surface area contributed by atoms with Gasteiger partial charge in [0.05, 0.1) is 17.9 Å². The van der Waals surface area contributed by atoms with Gasteiger partial charge in [-0.15, -0.1) is 21.5 Å². The zero-order valence-electron chi connectivity index (χ0n) is 20.6. The Morgan fingerprint density at radius 3 is 2.78 bits per heavy atom. The molecule has 8 nitrogen and oxygen atoms in total. The molecule has 0 fully saturated rings. The molecule has 1 N–H and O–H groups in total. The van der Waals surface area contributed by atoms with Crippen LogP contribution in [0.3, 0.4) is 0 Å². The van der Waals surface area contributed by atoms with Gasteiger partial charge < -0.3 is 19.4 Å². The van der Waals surface area contributed by atoms with Crippen molar-refractivity contribution in [2.45, 2.75) is 64.8 Å². The maximum Gasteiger partial charge on any atom is 0.341 e. The molecule has 4 rings (SSSR count). The molecule has 2 heterocycles. The predicted molar refractivity (Wildman–Crippen MR) is 142 cm³/mol. The maximum absolute atomic E-state index is 12.8. The van der Waals surface area contributed by atoms with E-state index in [1.807, 2.05) is 30.5 Å². The monoisotopic (exact) mass is 548 g/mol. The van der Waals surface area contributed by atoms with Gasteiger partial charge in [-0.2, -0.15) is 0 Å². The average molecular weight is 549 g/mol. The summed E-state index contributed by atoms with van der Waals surface area (Å²) in [5.74, 6) is 0.968. The van der Waals surface area contributed by atoms with Crippen LogP contribution in [0.5, 0.6) is 5.75 Å². The Morgan fingerprint density at radius 1 is 1.22 bits per heavy atom. The Balaban J connectivity index is 1.40. The molecule has 1 aliphatic rings. The van der Waals surface area contributed by atoms with Gasteiger partial charge in [-0.3, -0.25) is 4.79 Å². The number of rotatable bonds is 10. The standard InChI is InChI=1S/C25H29ClN4O4S2/c1-4-30-20(13-34-18-11-10-16(26)12-15(18)3)28-29-25(30)35-14-21(31)27-23-22(24(32)33-5-2)17-8-6-7-9-19(17)36-23/h10-12H,4-9,13-14H2,1-3H3,(H,27,31). The molecular weight excluding hydrogens is 520 g/mol. The summed E-state index contributed by atoms with van der Waals surface area (Å²) in [5, 5.41) is 13.3. The van der Waals surface area contributed by atoms with Crippen molar-refractivity contribution in [3.8, 4) is 5.75 Å². The molecule has 2 aromatic heterocycles. The summed E-state index contributed by atoms with van der Waals surface area (Å²) in [6.45, 7) is 6.89. The van der Waals surface area contributed by atoms with Crippen LogP contribution in [0.4, 0.5) is 5.00 Å². The molecule has 1 amide bonds. The highest BCUT2D eigenvalue weighted by molar-refractivity contribution is 7.99. The van der Waals surface area contributed by atoms with Crippen LogP contribution >= 0.6 is 34.7 Å². The Morgan fingerprint density at radius 2 is 2.03 bits per heavy atom. The molecule has 0 bridgehead atoms. The van der Waals surface area contributed by atoms with Crippen molar-refractivity contribution < 1.29 is 19.1 Å². The van der Waals surface area contributed by atoms with E-state index in [1.165, 1.54) is 28.0 Å². The molecule has 1 aromatic carbocycles. The van der Waals surface area contributed by atoms with Crippen molar-refractivity contribution >= 4 is 51.6 Å². The first-order valence-corrected chi connectivity index (χ1v) is 14.1. The smallest absolute Gasteiger partial charge is 0.341 e. The van der Waals surface area contributed by atoms with Crippen molar-refractivity contribution in [2.75, 3.05) is 17.7 Å². The second-order valence-corrected chi connectivity index (χ2v) is 10.8. The van der Waals surface area contributed by atoms with Crippen molar-refractivity contribution in [1.29, 1.82) is 0 Å². The number of thioether (sulfide) groups is 1. The number of hydrogen-bond donors (Lipinski definition) is 1. The van der Waals surface area contributed by atoms with Crippen LogP contribution in [-0.2, 0) is 35.5 Å². The van der Waals surface area contributed by atoms with E-state index in [0.29, 0.717) is 39.7 Å². The fraction of sp³-hybridized carbons (Fsp3) is 0.440. The predicted octanol–water partition coefficient (Wildman–Crippen LogP) is 5.69. The molecular formula is C25H29ClN4O4S2.